The molecule has 0 aromatic heterocycles. The molecule has 1 heterocycles. The molecule has 29 heavy (non-hydrogen) atoms. The zero-order valence-corrected chi connectivity index (χ0v) is 17.4. The Balaban J connectivity index is 2.20. The van der Waals surface area contributed by atoms with E-state index in [1.807, 2.05) is 13.0 Å². The highest BCUT2D eigenvalue weighted by Gasteiger charge is 2.60. The first kappa shape index (κ1) is 22.6. The van der Waals surface area contributed by atoms with E-state index < -0.39 is 21.7 Å². The number of rotatable bonds is 6. The minimum absolute atomic E-state index is 0.178. The van der Waals surface area contributed by atoms with E-state index in [2.05, 4.69) is 13.0 Å². The van der Waals surface area contributed by atoms with Crippen LogP contribution in [0.4, 0.5) is 0 Å². The number of phenols is 1. The zero-order valence-electron chi connectivity index (χ0n) is 17.4. The number of aryl methyl sites for hydroxylation is 1. The van der Waals surface area contributed by atoms with Gasteiger partial charge in [0.2, 0.25) is 0 Å². The number of ether oxygens (including phenoxy) is 1. The van der Waals surface area contributed by atoms with Gasteiger partial charge < -0.3 is 9.84 Å². The summed E-state index contributed by atoms with van der Waals surface area (Å²) >= 11 is 0. The molecule has 0 bridgehead atoms. The summed E-state index contributed by atoms with van der Waals surface area (Å²) in [6.45, 7) is 4.19. The molecule has 2 nitrogen and oxygen atoms in total. The van der Waals surface area contributed by atoms with Gasteiger partial charge in [-0.3, -0.25) is 0 Å². The van der Waals surface area contributed by atoms with Crippen LogP contribution in [0.1, 0.15) is 63.0 Å². The van der Waals surface area contributed by atoms with Crippen molar-refractivity contribution in [2.24, 2.45) is 5.92 Å². The SMILES string of the molecule is [B]C([B])([B])C1(C([B])([B])[B])Oc2cc(CCCCC)cc(O)c2C2C=C(C)CCC21. The summed E-state index contributed by atoms with van der Waals surface area (Å²) in [5.41, 5.74) is 1.18. The lowest BCUT2D eigenvalue weighted by Gasteiger charge is -2.64. The molecule has 2 atom stereocenters. The van der Waals surface area contributed by atoms with Gasteiger partial charge in [-0.25, -0.2) is 0 Å². The summed E-state index contributed by atoms with van der Waals surface area (Å²) in [4.78, 5) is 0. The van der Waals surface area contributed by atoms with Crippen molar-refractivity contribution in [2.45, 2.75) is 74.1 Å². The summed E-state index contributed by atoms with van der Waals surface area (Å²) in [6.07, 6.45) is 7.52. The number of hydrogen-bond donors (Lipinski definition) is 1. The first-order valence-electron chi connectivity index (χ1n) is 10.4. The summed E-state index contributed by atoms with van der Waals surface area (Å²) in [5.74, 6) is -0.0465. The molecule has 1 aliphatic heterocycles. The van der Waals surface area contributed by atoms with E-state index in [9.17, 15) is 5.11 Å². The van der Waals surface area contributed by atoms with Crippen molar-refractivity contribution in [3.05, 3.63) is 34.9 Å². The van der Waals surface area contributed by atoms with Crippen molar-refractivity contribution >= 4 is 47.1 Å². The highest BCUT2D eigenvalue weighted by atomic mass is 16.5. The molecular formula is C21H24B6O2. The maximum absolute atomic E-state index is 10.9. The third-order valence-electron chi connectivity index (χ3n) is 6.41. The molecule has 3 rings (SSSR count). The van der Waals surface area contributed by atoms with E-state index in [0.29, 0.717) is 17.7 Å². The van der Waals surface area contributed by atoms with Crippen molar-refractivity contribution in [3.63, 3.8) is 0 Å². The second-order valence-electron chi connectivity index (χ2n) is 8.87. The van der Waals surface area contributed by atoms with Crippen LogP contribution in [-0.4, -0.2) is 57.8 Å². The topological polar surface area (TPSA) is 29.5 Å². The fourth-order valence-corrected chi connectivity index (χ4v) is 5.06. The Hall–Kier alpha value is -1.05. The van der Waals surface area contributed by atoms with E-state index in [0.717, 1.165) is 37.7 Å². The van der Waals surface area contributed by atoms with Crippen molar-refractivity contribution in [1.82, 2.24) is 0 Å². The lowest BCUT2D eigenvalue weighted by molar-refractivity contribution is -0.0210. The van der Waals surface area contributed by atoms with Crippen molar-refractivity contribution < 1.29 is 9.84 Å². The maximum Gasteiger partial charge on any atom is 0.127 e. The number of aromatic hydroxyl groups is 1. The lowest BCUT2D eigenvalue weighted by Crippen LogP contribution is -2.66. The molecule has 1 aromatic rings. The number of phenolic OH excluding ortho intramolecular Hbond substituents is 1. The quantitative estimate of drug-likeness (QED) is 0.472. The minimum Gasteiger partial charge on any atom is -0.507 e. The van der Waals surface area contributed by atoms with Gasteiger partial charge in [-0.05, 0) is 50.3 Å². The maximum atomic E-state index is 10.9. The van der Waals surface area contributed by atoms with Gasteiger partial charge in [-0.15, -0.1) is 0 Å². The van der Waals surface area contributed by atoms with Gasteiger partial charge in [0, 0.05) is 17.4 Å². The van der Waals surface area contributed by atoms with Gasteiger partial charge in [0.25, 0.3) is 0 Å². The Bertz CT molecular complexity index is 780. The number of allylic oxidation sites excluding steroid dienone is 2. The highest BCUT2D eigenvalue weighted by Crippen LogP contribution is 2.63. The van der Waals surface area contributed by atoms with E-state index in [-0.39, 0.29) is 11.7 Å². The van der Waals surface area contributed by atoms with Gasteiger partial charge in [0.05, 0.1) is 52.7 Å². The number of unbranched alkanes of at least 4 members (excludes halogenated alkanes) is 2. The standard InChI is InChI=1S/C21H24B6O2/c1-3-4-5-6-13-10-16(28)18-14-9-12(2)7-8-15(14)19(20(22,23)24,21(25,26)27)29-17(18)11-13/h9-11,14-15,28H,3-8H2,1-2H3. The van der Waals surface area contributed by atoms with Crippen LogP contribution < -0.4 is 4.74 Å². The van der Waals surface area contributed by atoms with Crippen LogP contribution in [0.3, 0.4) is 0 Å². The molecule has 12 radical (unpaired) electrons. The molecule has 2 unspecified atom stereocenters. The van der Waals surface area contributed by atoms with Gasteiger partial charge in [-0.2, -0.15) is 0 Å². The number of benzene rings is 1. The average Bonchev–Trinajstić information content (AvgIpc) is 2.58. The molecule has 138 valence electrons. The number of fused-ring (bicyclic) bond motifs is 3. The van der Waals surface area contributed by atoms with E-state index >= 15 is 0 Å². The molecule has 1 aromatic carbocycles. The van der Waals surface area contributed by atoms with Gasteiger partial charge in [-0.1, -0.05) is 41.6 Å². The summed E-state index contributed by atoms with van der Waals surface area (Å²) in [7, 11) is 37.3. The first-order chi connectivity index (χ1) is 13.4. The molecule has 2 aliphatic rings. The van der Waals surface area contributed by atoms with Crippen LogP contribution in [0.2, 0.25) is 10.2 Å². The van der Waals surface area contributed by atoms with E-state index in [4.69, 9.17) is 51.8 Å². The summed E-state index contributed by atoms with van der Waals surface area (Å²) < 4.78 is 6.34. The Morgan fingerprint density at radius 3 is 2.34 bits per heavy atom. The molecule has 0 saturated carbocycles. The summed E-state index contributed by atoms with van der Waals surface area (Å²) in [5, 5.41) is 7.09. The second kappa shape index (κ2) is 7.89. The smallest absolute Gasteiger partial charge is 0.127 e. The molecule has 0 amide bonds. The van der Waals surface area contributed by atoms with Gasteiger partial charge >= 0.3 is 0 Å². The largest absolute Gasteiger partial charge is 0.507 e. The lowest BCUT2D eigenvalue weighted by atomic mass is 9.20. The van der Waals surface area contributed by atoms with Crippen LogP contribution in [0.5, 0.6) is 11.5 Å². The van der Waals surface area contributed by atoms with Crippen LogP contribution in [-0.2, 0) is 6.42 Å². The highest BCUT2D eigenvalue weighted by molar-refractivity contribution is 6.65. The Morgan fingerprint density at radius 2 is 1.76 bits per heavy atom. The summed E-state index contributed by atoms with van der Waals surface area (Å²) in [6, 6.07) is 3.70. The van der Waals surface area contributed by atoms with Crippen molar-refractivity contribution in [2.75, 3.05) is 0 Å². The number of hydrogen-bond acceptors (Lipinski definition) is 2. The van der Waals surface area contributed by atoms with E-state index in [1.165, 1.54) is 5.57 Å². The first-order valence-corrected chi connectivity index (χ1v) is 10.4. The molecular weight excluding hydrogens is 349 g/mol. The molecule has 0 fully saturated rings. The third-order valence-corrected chi connectivity index (χ3v) is 6.41. The predicted octanol–water partition coefficient (Wildman–Crippen LogP) is 2.85. The fraction of sp³-hybridized carbons (Fsp3) is 0.619. The molecule has 0 spiro atoms. The molecule has 8 heteroatoms. The Kier molecular flexibility index (Phi) is 6.16. The van der Waals surface area contributed by atoms with Crippen LogP contribution in [0, 0.1) is 5.92 Å². The Labute approximate surface area is 183 Å². The molecule has 0 saturated heterocycles. The van der Waals surface area contributed by atoms with Crippen LogP contribution in [0.15, 0.2) is 23.8 Å². The van der Waals surface area contributed by atoms with Crippen LogP contribution >= 0.6 is 0 Å². The second-order valence-corrected chi connectivity index (χ2v) is 8.87. The average molecular weight is 373 g/mol. The van der Waals surface area contributed by atoms with Gasteiger partial charge in [0.1, 0.15) is 11.5 Å². The Morgan fingerprint density at radius 1 is 1.10 bits per heavy atom. The van der Waals surface area contributed by atoms with Gasteiger partial charge in [0.15, 0.2) is 0 Å². The predicted molar refractivity (Wildman–Crippen MR) is 124 cm³/mol. The fourth-order valence-electron chi connectivity index (χ4n) is 5.06. The van der Waals surface area contributed by atoms with E-state index in [1.54, 1.807) is 6.07 Å². The van der Waals surface area contributed by atoms with Crippen LogP contribution in [0.25, 0.3) is 0 Å². The molecule has 1 N–H and O–H groups in total. The zero-order chi connectivity index (χ0) is 21.6. The molecule has 1 aliphatic carbocycles. The minimum atomic E-state index is -1.90. The monoisotopic (exact) mass is 374 g/mol. The third kappa shape index (κ3) is 3.86. The van der Waals surface area contributed by atoms with Crippen molar-refractivity contribution in [1.29, 1.82) is 0 Å². The van der Waals surface area contributed by atoms with Crippen molar-refractivity contribution in [3.8, 4) is 11.5 Å². The normalized spacial score (nSPS) is 23.4.